The Morgan fingerprint density at radius 1 is 1.23 bits per heavy atom. The van der Waals surface area contributed by atoms with Crippen molar-refractivity contribution in [3.8, 4) is 0 Å². The summed E-state index contributed by atoms with van der Waals surface area (Å²) >= 11 is 0. The zero-order valence-electron chi connectivity index (χ0n) is 7.13. The number of hydrogen-bond acceptors (Lipinski definition) is 4. The number of aliphatic hydroxyl groups excluding tert-OH is 3. The van der Waals surface area contributed by atoms with Gasteiger partial charge in [0.25, 0.3) is 5.91 Å². The first-order valence-electron chi connectivity index (χ1n) is 4.47. The second kappa shape index (κ2) is 2.94. The molecule has 0 spiro atoms. The van der Waals surface area contributed by atoms with Crippen LogP contribution in [-0.2, 0) is 4.79 Å². The molecule has 2 aliphatic rings. The van der Waals surface area contributed by atoms with E-state index < -0.39 is 24.2 Å². The number of piperidine rings is 1. The van der Waals surface area contributed by atoms with Crippen LogP contribution in [-0.4, -0.2) is 57.0 Å². The fraction of sp³-hybridized carbons (Fsp3) is 0.875. The number of carbonyl (C=O) groups is 1. The summed E-state index contributed by atoms with van der Waals surface area (Å²) in [6.45, 7) is 0.574. The highest BCUT2D eigenvalue weighted by atomic mass is 16.4. The van der Waals surface area contributed by atoms with Gasteiger partial charge in [0.1, 0.15) is 12.2 Å². The second-order valence-electron chi connectivity index (χ2n) is 3.67. The van der Waals surface area contributed by atoms with E-state index in [0.29, 0.717) is 13.0 Å². The van der Waals surface area contributed by atoms with Crippen molar-refractivity contribution in [3.05, 3.63) is 0 Å². The maximum Gasteiger partial charge on any atom is 0.254 e. The van der Waals surface area contributed by atoms with Gasteiger partial charge in [0.05, 0.1) is 6.04 Å². The molecule has 3 N–H and O–H groups in total. The maximum atomic E-state index is 11.4. The summed E-state index contributed by atoms with van der Waals surface area (Å²) in [6, 6.07) is -0.300. The molecule has 0 saturated carbocycles. The molecule has 0 bridgehead atoms. The molecule has 0 aliphatic carbocycles. The Bertz CT molecular complexity index is 232. The summed E-state index contributed by atoms with van der Waals surface area (Å²) in [6.07, 6.45) is -2.25. The Balaban J connectivity index is 2.24. The molecule has 0 aromatic carbocycles. The maximum absolute atomic E-state index is 11.4. The average molecular weight is 187 g/mol. The lowest BCUT2D eigenvalue weighted by Crippen LogP contribution is -2.62. The SMILES string of the molecule is O=C1[C@@H](O)[C@@H](O)[C@H](O)[C@@H]2CCCN12. The van der Waals surface area contributed by atoms with Crippen molar-refractivity contribution in [1.29, 1.82) is 0 Å². The Kier molecular flexibility index (Phi) is 2.02. The van der Waals surface area contributed by atoms with Crippen LogP contribution >= 0.6 is 0 Å². The van der Waals surface area contributed by atoms with Gasteiger partial charge in [0.15, 0.2) is 6.10 Å². The van der Waals surface area contributed by atoms with Gasteiger partial charge in [-0.25, -0.2) is 0 Å². The van der Waals surface area contributed by atoms with E-state index in [4.69, 9.17) is 0 Å². The quantitative estimate of drug-likeness (QED) is 0.412. The van der Waals surface area contributed by atoms with Gasteiger partial charge < -0.3 is 20.2 Å². The van der Waals surface area contributed by atoms with E-state index in [0.717, 1.165) is 6.42 Å². The Labute approximate surface area is 75.6 Å². The molecular formula is C8H13NO4. The zero-order chi connectivity index (χ0) is 9.59. The van der Waals surface area contributed by atoms with Crippen LogP contribution < -0.4 is 0 Å². The minimum atomic E-state index is -1.45. The van der Waals surface area contributed by atoms with Crippen LogP contribution in [0.1, 0.15) is 12.8 Å². The summed E-state index contributed by atoms with van der Waals surface area (Å²) < 4.78 is 0. The Morgan fingerprint density at radius 2 is 1.92 bits per heavy atom. The van der Waals surface area contributed by atoms with Gasteiger partial charge in [0.2, 0.25) is 0 Å². The fourth-order valence-electron chi connectivity index (χ4n) is 2.15. The van der Waals surface area contributed by atoms with Crippen molar-refractivity contribution in [1.82, 2.24) is 4.90 Å². The van der Waals surface area contributed by atoms with Crippen LogP contribution in [0, 0.1) is 0 Å². The normalized spacial score (nSPS) is 45.2. The fourth-order valence-corrected chi connectivity index (χ4v) is 2.15. The third-order valence-corrected chi connectivity index (χ3v) is 2.90. The third kappa shape index (κ3) is 1.15. The molecule has 2 rings (SSSR count). The smallest absolute Gasteiger partial charge is 0.254 e. The van der Waals surface area contributed by atoms with Crippen molar-refractivity contribution < 1.29 is 20.1 Å². The number of rotatable bonds is 0. The topological polar surface area (TPSA) is 81.0 Å². The summed E-state index contributed by atoms with van der Waals surface area (Å²) in [4.78, 5) is 12.8. The first-order valence-corrected chi connectivity index (χ1v) is 4.47. The standard InChI is InChI=1S/C8H13NO4/c10-5-4-2-1-3-9(4)8(13)7(12)6(5)11/h4-7,10-12H,1-3H2/t4-,5+,6-,7-/m0/s1. The van der Waals surface area contributed by atoms with E-state index in [2.05, 4.69) is 0 Å². The van der Waals surface area contributed by atoms with Gasteiger partial charge in [-0.05, 0) is 12.8 Å². The molecule has 5 nitrogen and oxygen atoms in total. The summed E-state index contributed by atoms with van der Waals surface area (Å²) in [5.41, 5.74) is 0. The number of hydrogen-bond donors (Lipinski definition) is 3. The third-order valence-electron chi connectivity index (χ3n) is 2.90. The van der Waals surface area contributed by atoms with Gasteiger partial charge in [-0.2, -0.15) is 0 Å². The first kappa shape index (κ1) is 8.93. The molecule has 13 heavy (non-hydrogen) atoms. The zero-order valence-corrected chi connectivity index (χ0v) is 7.13. The predicted octanol–water partition coefficient (Wildman–Crippen LogP) is -1.93. The van der Waals surface area contributed by atoms with Gasteiger partial charge in [0, 0.05) is 6.54 Å². The average Bonchev–Trinajstić information content (AvgIpc) is 2.59. The van der Waals surface area contributed by atoms with E-state index in [1.807, 2.05) is 0 Å². The van der Waals surface area contributed by atoms with Crippen LogP contribution in [0.4, 0.5) is 0 Å². The molecule has 2 aliphatic heterocycles. The molecule has 1 amide bonds. The van der Waals surface area contributed by atoms with E-state index in [1.165, 1.54) is 4.90 Å². The summed E-state index contributed by atoms with van der Waals surface area (Å²) in [5.74, 6) is -0.458. The number of amides is 1. The van der Waals surface area contributed by atoms with Crippen molar-refractivity contribution >= 4 is 5.91 Å². The minimum absolute atomic E-state index is 0.300. The first-order chi connectivity index (χ1) is 6.13. The molecule has 0 aromatic heterocycles. The van der Waals surface area contributed by atoms with E-state index in [1.54, 1.807) is 0 Å². The van der Waals surface area contributed by atoms with Crippen molar-refractivity contribution in [2.24, 2.45) is 0 Å². The molecule has 5 heteroatoms. The molecule has 0 unspecified atom stereocenters. The molecule has 0 radical (unpaired) electrons. The molecule has 2 heterocycles. The summed E-state index contributed by atoms with van der Waals surface area (Å²) in [5, 5.41) is 28.1. The lowest BCUT2D eigenvalue weighted by Gasteiger charge is -2.39. The molecule has 74 valence electrons. The highest BCUT2D eigenvalue weighted by molar-refractivity contribution is 5.83. The lowest BCUT2D eigenvalue weighted by molar-refractivity contribution is -0.171. The highest BCUT2D eigenvalue weighted by Crippen LogP contribution is 2.28. The number of nitrogens with zero attached hydrogens (tertiary/aromatic N) is 1. The van der Waals surface area contributed by atoms with E-state index in [-0.39, 0.29) is 6.04 Å². The Morgan fingerprint density at radius 3 is 2.62 bits per heavy atom. The Hall–Kier alpha value is -0.650. The van der Waals surface area contributed by atoms with Crippen molar-refractivity contribution in [2.75, 3.05) is 6.54 Å². The molecule has 2 saturated heterocycles. The molecule has 2 fully saturated rings. The molecule has 0 aromatic rings. The largest absolute Gasteiger partial charge is 0.388 e. The van der Waals surface area contributed by atoms with E-state index >= 15 is 0 Å². The van der Waals surface area contributed by atoms with Crippen LogP contribution in [0.15, 0.2) is 0 Å². The second-order valence-corrected chi connectivity index (χ2v) is 3.67. The summed E-state index contributed by atoms with van der Waals surface area (Å²) in [7, 11) is 0. The van der Waals surface area contributed by atoms with Crippen LogP contribution in [0.3, 0.4) is 0 Å². The molecule has 4 atom stereocenters. The minimum Gasteiger partial charge on any atom is -0.388 e. The van der Waals surface area contributed by atoms with Crippen molar-refractivity contribution in [3.63, 3.8) is 0 Å². The predicted molar refractivity (Wildman–Crippen MR) is 42.8 cm³/mol. The monoisotopic (exact) mass is 187 g/mol. The van der Waals surface area contributed by atoms with Crippen LogP contribution in [0.5, 0.6) is 0 Å². The van der Waals surface area contributed by atoms with E-state index in [9.17, 15) is 20.1 Å². The number of carbonyl (C=O) groups excluding carboxylic acids is 1. The highest BCUT2D eigenvalue weighted by Gasteiger charge is 2.48. The van der Waals surface area contributed by atoms with Gasteiger partial charge in [-0.3, -0.25) is 4.79 Å². The van der Waals surface area contributed by atoms with Gasteiger partial charge >= 0.3 is 0 Å². The van der Waals surface area contributed by atoms with Gasteiger partial charge in [-0.15, -0.1) is 0 Å². The van der Waals surface area contributed by atoms with Crippen LogP contribution in [0.2, 0.25) is 0 Å². The van der Waals surface area contributed by atoms with Gasteiger partial charge in [-0.1, -0.05) is 0 Å². The lowest BCUT2D eigenvalue weighted by atomic mass is 9.94. The molecular weight excluding hydrogens is 174 g/mol. The number of aliphatic hydroxyl groups is 3. The van der Waals surface area contributed by atoms with Crippen molar-refractivity contribution in [2.45, 2.75) is 37.2 Å². The number of fused-ring (bicyclic) bond motifs is 1. The van der Waals surface area contributed by atoms with Crippen LogP contribution in [0.25, 0.3) is 0 Å².